The average molecular weight is 331 g/mol. The lowest BCUT2D eigenvalue weighted by Gasteiger charge is -2.08. The predicted molar refractivity (Wildman–Crippen MR) is 95.3 cm³/mol. The summed E-state index contributed by atoms with van der Waals surface area (Å²) < 4.78 is 5.46. The van der Waals surface area contributed by atoms with Gasteiger partial charge in [0.15, 0.2) is 5.78 Å². The molecule has 0 radical (unpaired) electrons. The van der Waals surface area contributed by atoms with Gasteiger partial charge in [0.1, 0.15) is 0 Å². The third-order valence-corrected chi connectivity index (χ3v) is 4.24. The Morgan fingerprint density at radius 3 is 2.75 bits per heavy atom. The summed E-state index contributed by atoms with van der Waals surface area (Å²) in [6, 6.07) is 5.97. The topological polar surface area (TPSA) is 55.4 Å². The zero-order valence-electron chi connectivity index (χ0n) is 14.9. The van der Waals surface area contributed by atoms with Gasteiger partial charge < -0.3 is 10.1 Å². The molecule has 0 atom stereocenters. The van der Waals surface area contributed by atoms with Crippen LogP contribution in [0.4, 0.5) is 0 Å². The van der Waals surface area contributed by atoms with E-state index in [0.717, 1.165) is 31.4 Å². The third kappa shape index (κ3) is 6.08. The summed E-state index contributed by atoms with van der Waals surface area (Å²) in [5.74, 6) is 0.526. The van der Waals surface area contributed by atoms with Crippen LogP contribution in [0.5, 0.6) is 0 Å². The molecule has 1 amide bonds. The number of rotatable bonds is 10. The maximum atomic E-state index is 12.2. The summed E-state index contributed by atoms with van der Waals surface area (Å²) >= 11 is 0. The van der Waals surface area contributed by atoms with E-state index in [1.165, 1.54) is 17.5 Å². The number of hydrogen-bond acceptors (Lipinski definition) is 3. The molecule has 1 N–H and O–H groups in total. The number of nitrogens with one attached hydrogen (secondary N) is 1. The number of ether oxygens (including phenoxy) is 1. The summed E-state index contributed by atoms with van der Waals surface area (Å²) in [5.41, 5.74) is 3.40. The van der Waals surface area contributed by atoms with Crippen LogP contribution in [0.3, 0.4) is 0 Å². The Hall–Kier alpha value is -1.68. The van der Waals surface area contributed by atoms with E-state index in [2.05, 4.69) is 25.2 Å². The number of carbonyl (C=O) groups excluding carboxylic acids is 2. The number of Topliss-reactive ketones (excluding diaryl/α,β-unsaturated/α-hetero) is 1. The van der Waals surface area contributed by atoms with Crippen LogP contribution in [0.2, 0.25) is 0 Å². The highest BCUT2D eigenvalue weighted by Crippen LogP contribution is 2.23. The molecule has 0 bridgehead atoms. The van der Waals surface area contributed by atoms with Gasteiger partial charge in [-0.05, 0) is 48.8 Å². The minimum absolute atomic E-state index is 0.0557. The first-order valence-corrected chi connectivity index (χ1v) is 9.05. The smallest absolute Gasteiger partial charge is 0.220 e. The third-order valence-electron chi connectivity index (χ3n) is 4.24. The van der Waals surface area contributed by atoms with Crippen LogP contribution in [0, 0.1) is 5.92 Å². The van der Waals surface area contributed by atoms with Gasteiger partial charge in [0, 0.05) is 38.2 Å². The second-order valence-corrected chi connectivity index (χ2v) is 6.93. The SMILES string of the molecule is CC(C)COCCCNC(=O)CCC(=O)c1ccc2c(c1)CCC2. The lowest BCUT2D eigenvalue weighted by Crippen LogP contribution is -2.25. The van der Waals surface area contributed by atoms with Crippen LogP contribution >= 0.6 is 0 Å². The number of amides is 1. The van der Waals surface area contributed by atoms with Crippen molar-refractivity contribution in [1.82, 2.24) is 5.32 Å². The van der Waals surface area contributed by atoms with Crippen LogP contribution in [-0.4, -0.2) is 31.4 Å². The molecule has 0 saturated heterocycles. The summed E-state index contributed by atoms with van der Waals surface area (Å²) in [5, 5.41) is 2.85. The Kier molecular flexibility index (Phi) is 7.44. The molecule has 1 aromatic carbocycles. The van der Waals surface area contributed by atoms with Crippen LogP contribution in [0.15, 0.2) is 18.2 Å². The van der Waals surface area contributed by atoms with Crippen molar-refractivity contribution in [2.75, 3.05) is 19.8 Å². The molecule has 0 fully saturated rings. The van der Waals surface area contributed by atoms with E-state index in [4.69, 9.17) is 4.74 Å². The maximum Gasteiger partial charge on any atom is 0.220 e. The number of fused-ring (bicyclic) bond motifs is 1. The summed E-state index contributed by atoms with van der Waals surface area (Å²) in [6.45, 7) is 6.24. The molecule has 1 aliphatic carbocycles. The van der Waals surface area contributed by atoms with E-state index in [0.29, 0.717) is 19.1 Å². The first-order chi connectivity index (χ1) is 11.6. The monoisotopic (exact) mass is 331 g/mol. The van der Waals surface area contributed by atoms with Crippen molar-refractivity contribution in [2.45, 2.75) is 52.4 Å². The van der Waals surface area contributed by atoms with Gasteiger partial charge in [-0.25, -0.2) is 0 Å². The molecule has 0 heterocycles. The molecule has 0 aliphatic heterocycles. The summed E-state index contributed by atoms with van der Waals surface area (Å²) in [4.78, 5) is 24.0. The van der Waals surface area contributed by atoms with Crippen molar-refractivity contribution < 1.29 is 14.3 Å². The van der Waals surface area contributed by atoms with E-state index >= 15 is 0 Å². The highest BCUT2D eigenvalue weighted by molar-refractivity contribution is 5.98. The molecule has 2 rings (SSSR count). The molecule has 24 heavy (non-hydrogen) atoms. The highest BCUT2D eigenvalue weighted by atomic mass is 16.5. The van der Waals surface area contributed by atoms with Crippen molar-refractivity contribution in [2.24, 2.45) is 5.92 Å². The van der Waals surface area contributed by atoms with Gasteiger partial charge >= 0.3 is 0 Å². The largest absolute Gasteiger partial charge is 0.381 e. The van der Waals surface area contributed by atoms with Gasteiger partial charge in [-0.15, -0.1) is 0 Å². The zero-order chi connectivity index (χ0) is 17.4. The van der Waals surface area contributed by atoms with Crippen LogP contribution in [-0.2, 0) is 22.4 Å². The number of carbonyl (C=O) groups is 2. The molecule has 1 aromatic rings. The van der Waals surface area contributed by atoms with Crippen LogP contribution in [0.1, 0.15) is 61.0 Å². The Morgan fingerprint density at radius 2 is 1.96 bits per heavy atom. The number of hydrogen-bond donors (Lipinski definition) is 1. The van der Waals surface area contributed by atoms with Crippen molar-refractivity contribution >= 4 is 11.7 Å². The highest BCUT2D eigenvalue weighted by Gasteiger charge is 2.14. The second-order valence-electron chi connectivity index (χ2n) is 6.93. The first kappa shape index (κ1) is 18.7. The Morgan fingerprint density at radius 1 is 1.17 bits per heavy atom. The minimum atomic E-state index is -0.0617. The van der Waals surface area contributed by atoms with E-state index in [9.17, 15) is 9.59 Å². The van der Waals surface area contributed by atoms with E-state index < -0.39 is 0 Å². The Labute approximate surface area is 145 Å². The summed E-state index contributed by atoms with van der Waals surface area (Å²) in [6.07, 6.45) is 4.69. The predicted octanol–water partition coefficient (Wildman–Crippen LogP) is 3.32. The van der Waals surface area contributed by atoms with E-state index in [1.54, 1.807) is 0 Å². The van der Waals surface area contributed by atoms with Crippen molar-refractivity contribution in [3.8, 4) is 0 Å². The second kappa shape index (κ2) is 9.58. The molecular weight excluding hydrogens is 302 g/mol. The lowest BCUT2D eigenvalue weighted by atomic mass is 10.0. The van der Waals surface area contributed by atoms with Gasteiger partial charge in [0.2, 0.25) is 5.91 Å². The number of aryl methyl sites for hydroxylation is 2. The molecule has 4 heteroatoms. The fourth-order valence-electron chi connectivity index (χ4n) is 2.93. The molecule has 1 aliphatic rings. The van der Waals surface area contributed by atoms with E-state index in [1.807, 2.05) is 12.1 Å². The van der Waals surface area contributed by atoms with Crippen molar-refractivity contribution in [1.29, 1.82) is 0 Å². The van der Waals surface area contributed by atoms with E-state index in [-0.39, 0.29) is 24.5 Å². The standard InChI is InChI=1S/C20H29NO3/c1-15(2)14-24-12-4-11-21-20(23)10-9-19(22)18-8-7-16-5-3-6-17(16)13-18/h7-8,13,15H,3-6,9-12,14H2,1-2H3,(H,21,23). The van der Waals surface area contributed by atoms with Gasteiger partial charge in [0.25, 0.3) is 0 Å². The van der Waals surface area contributed by atoms with Gasteiger partial charge in [-0.1, -0.05) is 26.0 Å². The molecule has 0 saturated carbocycles. The fourth-order valence-corrected chi connectivity index (χ4v) is 2.93. The van der Waals surface area contributed by atoms with Gasteiger partial charge in [-0.2, -0.15) is 0 Å². The normalized spacial score (nSPS) is 13.1. The van der Waals surface area contributed by atoms with Gasteiger partial charge in [0.05, 0.1) is 0 Å². The Bertz CT molecular complexity index is 566. The average Bonchev–Trinajstić information content (AvgIpc) is 3.03. The molecule has 4 nitrogen and oxygen atoms in total. The fraction of sp³-hybridized carbons (Fsp3) is 0.600. The lowest BCUT2D eigenvalue weighted by molar-refractivity contribution is -0.121. The molecule has 0 spiro atoms. The van der Waals surface area contributed by atoms with Crippen molar-refractivity contribution in [3.63, 3.8) is 0 Å². The minimum Gasteiger partial charge on any atom is -0.381 e. The number of benzene rings is 1. The van der Waals surface area contributed by atoms with Crippen LogP contribution < -0.4 is 5.32 Å². The molecule has 0 aromatic heterocycles. The Balaban J connectivity index is 1.62. The quantitative estimate of drug-likeness (QED) is 0.528. The zero-order valence-corrected chi connectivity index (χ0v) is 14.9. The van der Waals surface area contributed by atoms with Gasteiger partial charge in [-0.3, -0.25) is 9.59 Å². The molecule has 0 unspecified atom stereocenters. The number of ketones is 1. The molecule has 132 valence electrons. The molecular formula is C20H29NO3. The van der Waals surface area contributed by atoms with Crippen molar-refractivity contribution in [3.05, 3.63) is 34.9 Å². The first-order valence-electron chi connectivity index (χ1n) is 9.05. The van der Waals surface area contributed by atoms with Crippen LogP contribution in [0.25, 0.3) is 0 Å². The summed E-state index contributed by atoms with van der Waals surface area (Å²) in [7, 11) is 0. The maximum absolute atomic E-state index is 12.2.